The van der Waals surface area contributed by atoms with Gasteiger partial charge in [-0.25, -0.2) is 0 Å². The van der Waals surface area contributed by atoms with Crippen molar-refractivity contribution in [2.75, 3.05) is 5.73 Å². The topological polar surface area (TPSA) is 95.6 Å². The number of nitrogens with one attached hydrogen (secondary N) is 1. The quantitative estimate of drug-likeness (QED) is 0.360. The second-order valence-electron chi connectivity index (χ2n) is 6.42. The van der Waals surface area contributed by atoms with Gasteiger partial charge in [-0.3, -0.25) is 4.79 Å². The van der Waals surface area contributed by atoms with Crippen molar-refractivity contribution in [2.24, 2.45) is 0 Å². The molecule has 0 aliphatic carbocycles. The predicted molar refractivity (Wildman–Crippen MR) is 104 cm³/mol. The maximum Gasteiger partial charge on any atom is 0.248 e. The lowest BCUT2D eigenvalue weighted by atomic mass is 9.87. The summed E-state index contributed by atoms with van der Waals surface area (Å²) in [5.74, 6) is -1.05. The first-order chi connectivity index (χ1) is 12.3. The van der Waals surface area contributed by atoms with E-state index in [-0.39, 0.29) is 29.0 Å². The summed E-state index contributed by atoms with van der Waals surface area (Å²) >= 11 is 0. The molecule has 0 aliphatic rings. The van der Waals surface area contributed by atoms with Crippen molar-refractivity contribution in [3.63, 3.8) is 0 Å². The highest BCUT2D eigenvalue weighted by Crippen LogP contribution is 2.37. The maximum atomic E-state index is 12.9. The van der Waals surface area contributed by atoms with Crippen molar-refractivity contribution in [1.82, 2.24) is 5.32 Å². The summed E-state index contributed by atoms with van der Waals surface area (Å²) in [6.45, 7) is 6.25. The van der Waals surface area contributed by atoms with Crippen LogP contribution in [0.4, 0.5) is 5.69 Å². The molecule has 0 saturated heterocycles. The number of nitrogen functional groups attached to an aromatic ring is 1. The zero-order valence-corrected chi connectivity index (χ0v) is 15.4. The Labute approximate surface area is 154 Å². The van der Waals surface area contributed by atoms with Gasteiger partial charge in [-0.15, -0.1) is 0 Å². The first-order valence-corrected chi connectivity index (χ1v) is 8.68. The van der Waals surface area contributed by atoms with Crippen LogP contribution < -0.4 is 11.1 Å². The van der Waals surface area contributed by atoms with E-state index in [1.54, 1.807) is 6.07 Å². The van der Waals surface area contributed by atoms with Crippen molar-refractivity contribution in [1.29, 1.82) is 0 Å². The van der Waals surface area contributed by atoms with Crippen LogP contribution in [0.15, 0.2) is 53.6 Å². The van der Waals surface area contributed by atoms with Gasteiger partial charge in [0.05, 0.1) is 5.69 Å². The highest BCUT2D eigenvalue weighted by atomic mass is 16.3. The van der Waals surface area contributed by atoms with Crippen molar-refractivity contribution in [3.8, 4) is 11.5 Å². The number of aromatic hydroxyl groups is 2. The number of nitrogens with two attached hydrogens (primary N) is 1. The summed E-state index contributed by atoms with van der Waals surface area (Å²) in [5, 5.41) is 22.5. The fourth-order valence-corrected chi connectivity index (χ4v) is 2.90. The molecule has 2 aromatic rings. The van der Waals surface area contributed by atoms with Gasteiger partial charge in [-0.1, -0.05) is 49.8 Å². The standard InChI is InChI=1S/C21H26N2O3/c1-4-13(2)19(21(26)23-12-15-8-6-5-7-9-15)14(3)16-10-17(22)20(25)18(24)11-16/h5-11,14,24-25H,4,12,22H2,1-3H3,(H,23,26)/b19-13-. The number of amides is 1. The number of phenolic OH excluding ortho intramolecular Hbond substituents is 2. The Balaban J connectivity index is 2.28. The van der Waals surface area contributed by atoms with Crippen molar-refractivity contribution < 1.29 is 15.0 Å². The molecule has 2 rings (SSSR count). The number of rotatable bonds is 6. The van der Waals surface area contributed by atoms with Gasteiger partial charge < -0.3 is 21.3 Å². The molecule has 1 atom stereocenters. The molecule has 0 fully saturated rings. The molecule has 26 heavy (non-hydrogen) atoms. The van der Waals surface area contributed by atoms with Gasteiger partial charge in [0, 0.05) is 18.0 Å². The Kier molecular flexibility index (Phi) is 6.28. The molecule has 1 amide bonds. The Morgan fingerprint density at radius 1 is 1.19 bits per heavy atom. The minimum Gasteiger partial charge on any atom is -0.504 e. The van der Waals surface area contributed by atoms with Crippen LogP contribution >= 0.6 is 0 Å². The smallest absolute Gasteiger partial charge is 0.248 e. The van der Waals surface area contributed by atoms with Crippen LogP contribution in [-0.4, -0.2) is 16.1 Å². The molecular weight excluding hydrogens is 328 g/mol. The summed E-state index contributed by atoms with van der Waals surface area (Å²) in [4.78, 5) is 12.9. The van der Waals surface area contributed by atoms with Gasteiger partial charge >= 0.3 is 0 Å². The van der Waals surface area contributed by atoms with Crippen LogP contribution in [0.5, 0.6) is 11.5 Å². The third-order valence-electron chi connectivity index (χ3n) is 4.61. The molecule has 2 aromatic carbocycles. The SMILES string of the molecule is CC/C(C)=C(\C(=O)NCc1ccccc1)C(C)c1cc(N)c(O)c(O)c1. The van der Waals surface area contributed by atoms with Gasteiger partial charge in [0.15, 0.2) is 11.5 Å². The first-order valence-electron chi connectivity index (χ1n) is 8.68. The van der Waals surface area contributed by atoms with Crippen LogP contribution in [0.25, 0.3) is 0 Å². The molecule has 5 N–H and O–H groups in total. The van der Waals surface area contributed by atoms with Crippen LogP contribution in [0.3, 0.4) is 0 Å². The maximum absolute atomic E-state index is 12.9. The molecule has 0 aliphatic heterocycles. The van der Waals surface area contributed by atoms with E-state index in [0.717, 1.165) is 17.6 Å². The molecule has 5 nitrogen and oxygen atoms in total. The molecule has 0 bridgehead atoms. The number of carbonyl (C=O) groups is 1. The Morgan fingerprint density at radius 2 is 1.85 bits per heavy atom. The minimum atomic E-state index is -0.341. The normalized spacial score (nSPS) is 13.0. The van der Waals surface area contributed by atoms with Crippen LogP contribution in [0.1, 0.15) is 44.2 Å². The van der Waals surface area contributed by atoms with Gasteiger partial charge in [-0.05, 0) is 36.6 Å². The zero-order chi connectivity index (χ0) is 19.3. The van der Waals surface area contributed by atoms with E-state index in [1.165, 1.54) is 6.07 Å². The van der Waals surface area contributed by atoms with Crippen LogP contribution in [0, 0.1) is 0 Å². The Morgan fingerprint density at radius 3 is 2.42 bits per heavy atom. The summed E-state index contributed by atoms with van der Waals surface area (Å²) in [7, 11) is 0. The molecule has 1 unspecified atom stereocenters. The fraction of sp³-hybridized carbons (Fsp3) is 0.286. The molecule has 0 heterocycles. The highest BCUT2D eigenvalue weighted by molar-refractivity contribution is 5.95. The number of anilines is 1. The molecule has 0 spiro atoms. The van der Waals surface area contributed by atoms with E-state index in [0.29, 0.717) is 17.7 Å². The lowest BCUT2D eigenvalue weighted by Gasteiger charge is -2.20. The Hall–Kier alpha value is -2.95. The highest BCUT2D eigenvalue weighted by Gasteiger charge is 2.22. The number of allylic oxidation sites excluding steroid dienone is 1. The molecule has 5 heteroatoms. The summed E-state index contributed by atoms with van der Waals surface area (Å²) in [5.41, 5.74) is 9.15. The predicted octanol–water partition coefficient (Wildman–Crippen LogP) is 3.83. The second kappa shape index (κ2) is 8.43. The largest absolute Gasteiger partial charge is 0.504 e. The van der Waals surface area contributed by atoms with E-state index in [1.807, 2.05) is 51.1 Å². The molecule has 0 aromatic heterocycles. The number of hydrogen-bond acceptors (Lipinski definition) is 4. The average Bonchev–Trinajstić information content (AvgIpc) is 2.64. The second-order valence-corrected chi connectivity index (χ2v) is 6.42. The van der Waals surface area contributed by atoms with Crippen molar-refractivity contribution in [3.05, 3.63) is 64.7 Å². The average molecular weight is 354 g/mol. The third-order valence-corrected chi connectivity index (χ3v) is 4.61. The van der Waals surface area contributed by atoms with E-state index < -0.39 is 0 Å². The molecule has 0 saturated carbocycles. The molecular formula is C21H26N2O3. The molecule has 0 radical (unpaired) electrons. The summed E-state index contributed by atoms with van der Waals surface area (Å²) in [6.07, 6.45) is 0.734. The Bertz CT molecular complexity index is 790. The van der Waals surface area contributed by atoms with Gasteiger partial charge in [0.1, 0.15) is 0 Å². The number of phenols is 2. The van der Waals surface area contributed by atoms with E-state index in [4.69, 9.17) is 5.73 Å². The first kappa shape index (κ1) is 19.4. The van der Waals surface area contributed by atoms with Crippen LogP contribution in [0.2, 0.25) is 0 Å². The summed E-state index contributed by atoms with van der Waals surface area (Å²) < 4.78 is 0. The van der Waals surface area contributed by atoms with E-state index in [2.05, 4.69) is 5.32 Å². The number of benzene rings is 2. The monoisotopic (exact) mass is 354 g/mol. The number of carbonyl (C=O) groups excluding carboxylic acids is 1. The van der Waals surface area contributed by atoms with E-state index in [9.17, 15) is 15.0 Å². The van der Waals surface area contributed by atoms with Crippen molar-refractivity contribution in [2.45, 2.75) is 39.7 Å². The zero-order valence-electron chi connectivity index (χ0n) is 15.4. The van der Waals surface area contributed by atoms with E-state index >= 15 is 0 Å². The fourth-order valence-electron chi connectivity index (χ4n) is 2.90. The van der Waals surface area contributed by atoms with Gasteiger partial charge in [0.25, 0.3) is 0 Å². The minimum absolute atomic E-state index is 0.0880. The third kappa shape index (κ3) is 4.36. The van der Waals surface area contributed by atoms with Crippen LogP contribution in [-0.2, 0) is 11.3 Å². The van der Waals surface area contributed by atoms with Gasteiger partial charge in [-0.2, -0.15) is 0 Å². The number of hydrogen-bond donors (Lipinski definition) is 4. The summed E-state index contributed by atoms with van der Waals surface area (Å²) in [6, 6.07) is 12.7. The molecule has 138 valence electrons. The van der Waals surface area contributed by atoms with Gasteiger partial charge in [0.2, 0.25) is 5.91 Å². The van der Waals surface area contributed by atoms with Crippen molar-refractivity contribution >= 4 is 11.6 Å². The lowest BCUT2D eigenvalue weighted by molar-refractivity contribution is -0.118. The lowest BCUT2D eigenvalue weighted by Crippen LogP contribution is -2.27.